The van der Waals surface area contributed by atoms with Gasteiger partial charge in [-0.15, -0.1) is 11.3 Å². The first-order valence-electron chi connectivity index (χ1n) is 7.82. The summed E-state index contributed by atoms with van der Waals surface area (Å²) in [6.07, 6.45) is 2.16. The van der Waals surface area contributed by atoms with Gasteiger partial charge in [-0.25, -0.2) is 4.98 Å². The summed E-state index contributed by atoms with van der Waals surface area (Å²) in [5, 5.41) is 5.22. The van der Waals surface area contributed by atoms with Crippen LogP contribution in [0.1, 0.15) is 28.9 Å². The van der Waals surface area contributed by atoms with Crippen molar-refractivity contribution in [2.24, 2.45) is 0 Å². The van der Waals surface area contributed by atoms with Gasteiger partial charge in [-0.3, -0.25) is 4.79 Å². The van der Waals surface area contributed by atoms with E-state index in [1.165, 1.54) is 0 Å². The lowest BCUT2D eigenvalue weighted by Crippen LogP contribution is -2.46. The Morgan fingerprint density at radius 1 is 1.52 bits per heavy atom. The van der Waals surface area contributed by atoms with Crippen molar-refractivity contribution in [3.05, 3.63) is 46.4 Å². The minimum atomic E-state index is 0.0732. The summed E-state index contributed by atoms with van der Waals surface area (Å²) in [7, 11) is 1.95. The average molecular weight is 331 g/mol. The van der Waals surface area contributed by atoms with Crippen LogP contribution in [0.25, 0.3) is 0 Å². The second-order valence-corrected chi connectivity index (χ2v) is 6.39. The van der Waals surface area contributed by atoms with Crippen LogP contribution < -0.4 is 10.1 Å². The number of carbonyl (C=O) groups excluding carboxylic acids is 1. The Labute approximate surface area is 140 Å². The molecule has 1 amide bonds. The average Bonchev–Trinajstić information content (AvgIpc) is 3.13. The van der Waals surface area contributed by atoms with Gasteiger partial charge in [0.25, 0.3) is 5.91 Å². The molecule has 1 fully saturated rings. The number of likely N-dealkylation sites (N-methyl/N-ethyl adjacent to an activating group) is 1. The van der Waals surface area contributed by atoms with Gasteiger partial charge in [-0.1, -0.05) is 6.07 Å². The molecule has 2 heterocycles. The quantitative estimate of drug-likeness (QED) is 0.915. The van der Waals surface area contributed by atoms with E-state index in [2.05, 4.69) is 10.3 Å². The number of benzene rings is 1. The van der Waals surface area contributed by atoms with Gasteiger partial charge in [0, 0.05) is 30.1 Å². The van der Waals surface area contributed by atoms with Crippen LogP contribution in [-0.2, 0) is 6.61 Å². The molecular weight excluding hydrogens is 310 g/mol. The molecular formula is C17H21N3O2S. The van der Waals surface area contributed by atoms with Crippen LogP contribution in [-0.4, -0.2) is 42.0 Å². The molecule has 1 aliphatic heterocycles. The van der Waals surface area contributed by atoms with Crippen molar-refractivity contribution in [1.82, 2.24) is 15.2 Å². The molecule has 1 saturated heterocycles. The summed E-state index contributed by atoms with van der Waals surface area (Å²) in [6, 6.07) is 7.79. The van der Waals surface area contributed by atoms with Crippen LogP contribution in [0.3, 0.4) is 0 Å². The van der Waals surface area contributed by atoms with Gasteiger partial charge >= 0.3 is 0 Å². The standard InChI is InChI=1S/C17H21N3O2S/c1-18-14-5-3-7-20(9-14)17(21)13-4-2-6-16(8-13)22-10-15-11-23-12-19-15/h2,4,6,8,11-12,14,18H,3,5,7,9-10H2,1H3. The molecule has 1 atom stereocenters. The smallest absolute Gasteiger partial charge is 0.254 e. The molecule has 6 heteroatoms. The predicted molar refractivity (Wildman–Crippen MR) is 90.9 cm³/mol. The first-order chi connectivity index (χ1) is 11.3. The van der Waals surface area contributed by atoms with Crippen LogP contribution in [0, 0.1) is 0 Å². The maximum absolute atomic E-state index is 12.7. The number of piperidine rings is 1. The van der Waals surface area contributed by atoms with Crippen LogP contribution >= 0.6 is 11.3 Å². The van der Waals surface area contributed by atoms with E-state index in [1.54, 1.807) is 16.8 Å². The lowest BCUT2D eigenvalue weighted by Gasteiger charge is -2.32. The van der Waals surface area contributed by atoms with E-state index in [-0.39, 0.29) is 5.91 Å². The van der Waals surface area contributed by atoms with Gasteiger partial charge in [0.2, 0.25) is 0 Å². The fraction of sp³-hybridized carbons (Fsp3) is 0.412. The Hall–Kier alpha value is -1.92. The fourth-order valence-corrected chi connectivity index (χ4v) is 3.31. The number of aromatic nitrogens is 1. The molecule has 1 aromatic heterocycles. The predicted octanol–water partition coefficient (Wildman–Crippen LogP) is 2.55. The summed E-state index contributed by atoms with van der Waals surface area (Å²) in [5.41, 5.74) is 3.37. The maximum atomic E-state index is 12.7. The zero-order valence-electron chi connectivity index (χ0n) is 13.2. The summed E-state index contributed by atoms with van der Waals surface area (Å²) < 4.78 is 5.73. The molecule has 0 saturated carbocycles. The third-order valence-corrected chi connectivity index (χ3v) is 4.70. The summed E-state index contributed by atoms with van der Waals surface area (Å²) in [6.45, 7) is 2.01. The number of carbonyl (C=O) groups is 1. The first-order valence-corrected chi connectivity index (χ1v) is 8.77. The molecule has 5 nitrogen and oxygen atoms in total. The Morgan fingerprint density at radius 3 is 3.22 bits per heavy atom. The highest BCUT2D eigenvalue weighted by Crippen LogP contribution is 2.19. The maximum Gasteiger partial charge on any atom is 0.254 e. The molecule has 3 rings (SSSR count). The number of nitrogens with one attached hydrogen (secondary N) is 1. The molecule has 2 aromatic rings. The zero-order chi connectivity index (χ0) is 16.1. The zero-order valence-corrected chi connectivity index (χ0v) is 14.0. The van der Waals surface area contributed by atoms with Gasteiger partial charge in [0.05, 0.1) is 11.2 Å². The van der Waals surface area contributed by atoms with Crippen molar-refractivity contribution in [2.45, 2.75) is 25.5 Å². The monoisotopic (exact) mass is 331 g/mol. The number of ether oxygens (including phenoxy) is 1. The van der Waals surface area contributed by atoms with E-state index >= 15 is 0 Å². The second-order valence-electron chi connectivity index (χ2n) is 5.68. The third-order valence-electron chi connectivity index (χ3n) is 4.07. The molecule has 1 aliphatic rings. The van der Waals surface area contributed by atoms with E-state index in [0.29, 0.717) is 24.0 Å². The topological polar surface area (TPSA) is 54.5 Å². The van der Waals surface area contributed by atoms with Crippen molar-refractivity contribution in [3.8, 4) is 5.75 Å². The number of nitrogens with zero attached hydrogens (tertiary/aromatic N) is 2. The number of likely N-dealkylation sites (tertiary alicyclic amines) is 1. The Balaban J connectivity index is 1.65. The van der Waals surface area contributed by atoms with Crippen molar-refractivity contribution in [1.29, 1.82) is 0 Å². The second kappa shape index (κ2) is 7.57. The highest BCUT2D eigenvalue weighted by molar-refractivity contribution is 7.07. The van der Waals surface area contributed by atoms with Gasteiger partial charge in [0.15, 0.2) is 0 Å². The molecule has 1 aromatic carbocycles. The molecule has 0 aliphatic carbocycles. The van der Waals surface area contributed by atoms with Crippen molar-refractivity contribution in [2.75, 3.05) is 20.1 Å². The number of hydrogen-bond donors (Lipinski definition) is 1. The molecule has 23 heavy (non-hydrogen) atoms. The van der Waals surface area contributed by atoms with Crippen molar-refractivity contribution in [3.63, 3.8) is 0 Å². The van der Waals surface area contributed by atoms with E-state index in [0.717, 1.165) is 31.6 Å². The highest BCUT2D eigenvalue weighted by Gasteiger charge is 2.23. The molecule has 0 radical (unpaired) electrons. The first kappa shape index (κ1) is 16.0. The normalized spacial score (nSPS) is 18.0. The molecule has 0 bridgehead atoms. The fourth-order valence-electron chi connectivity index (χ4n) is 2.76. The van der Waals surface area contributed by atoms with Gasteiger partial charge < -0.3 is 15.0 Å². The molecule has 1 N–H and O–H groups in total. The molecule has 1 unspecified atom stereocenters. The SMILES string of the molecule is CNC1CCCN(C(=O)c2cccc(OCc3cscn3)c2)C1. The molecule has 122 valence electrons. The van der Waals surface area contributed by atoms with E-state index in [4.69, 9.17) is 4.74 Å². The van der Waals surface area contributed by atoms with Crippen LogP contribution in [0.15, 0.2) is 35.2 Å². The van der Waals surface area contributed by atoms with E-state index in [1.807, 2.05) is 41.6 Å². The van der Waals surface area contributed by atoms with Crippen LogP contribution in [0.4, 0.5) is 0 Å². The summed E-state index contributed by atoms with van der Waals surface area (Å²) >= 11 is 1.55. The van der Waals surface area contributed by atoms with Gasteiger partial charge in [0.1, 0.15) is 12.4 Å². The van der Waals surface area contributed by atoms with E-state index in [9.17, 15) is 4.79 Å². The van der Waals surface area contributed by atoms with Crippen molar-refractivity contribution < 1.29 is 9.53 Å². The summed E-state index contributed by atoms with van der Waals surface area (Å²) in [5.74, 6) is 0.773. The van der Waals surface area contributed by atoms with Crippen LogP contribution in [0.5, 0.6) is 5.75 Å². The Morgan fingerprint density at radius 2 is 2.43 bits per heavy atom. The largest absolute Gasteiger partial charge is 0.487 e. The van der Waals surface area contributed by atoms with E-state index < -0.39 is 0 Å². The Bertz CT molecular complexity index is 645. The number of amides is 1. The number of hydrogen-bond acceptors (Lipinski definition) is 5. The van der Waals surface area contributed by atoms with Crippen molar-refractivity contribution >= 4 is 17.2 Å². The van der Waals surface area contributed by atoms with Crippen LogP contribution in [0.2, 0.25) is 0 Å². The minimum absolute atomic E-state index is 0.0732. The highest BCUT2D eigenvalue weighted by atomic mass is 32.1. The lowest BCUT2D eigenvalue weighted by molar-refractivity contribution is 0.0697. The van der Waals surface area contributed by atoms with Gasteiger partial charge in [-0.2, -0.15) is 0 Å². The number of rotatable bonds is 5. The minimum Gasteiger partial charge on any atom is -0.487 e. The summed E-state index contributed by atoms with van der Waals surface area (Å²) in [4.78, 5) is 18.8. The third kappa shape index (κ3) is 4.09. The number of thiazole rings is 1. The Kier molecular flexibility index (Phi) is 5.25. The van der Waals surface area contributed by atoms with Gasteiger partial charge in [-0.05, 0) is 38.1 Å². The lowest BCUT2D eigenvalue weighted by atomic mass is 10.0. The molecule has 0 spiro atoms.